The second-order valence-corrected chi connectivity index (χ2v) is 5.46. The average Bonchev–Trinajstić information content (AvgIpc) is 3.23. The summed E-state index contributed by atoms with van der Waals surface area (Å²) in [4.78, 5) is 12.5. The van der Waals surface area contributed by atoms with Crippen LogP contribution in [0, 0.1) is 5.92 Å². The number of benzene rings is 1. The third kappa shape index (κ3) is 4.09. The number of rotatable bonds is 8. The summed E-state index contributed by atoms with van der Waals surface area (Å²) >= 11 is 0. The van der Waals surface area contributed by atoms with Crippen molar-refractivity contribution >= 4 is 5.78 Å². The first-order valence-electron chi connectivity index (χ1n) is 7.55. The Bertz CT molecular complexity index is 421. The molecule has 2 rings (SSSR count). The van der Waals surface area contributed by atoms with Crippen molar-refractivity contribution in [3.8, 4) is 5.75 Å². The van der Waals surface area contributed by atoms with Gasteiger partial charge < -0.3 is 4.74 Å². The highest BCUT2D eigenvalue weighted by Crippen LogP contribution is 2.28. The van der Waals surface area contributed by atoms with Crippen molar-refractivity contribution in [2.24, 2.45) is 5.92 Å². The molecule has 104 valence electrons. The number of carbonyl (C=O) groups excluding carboxylic acids is 1. The van der Waals surface area contributed by atoms with Gasteiger partial charge in [-0.15, -0.1) is 0 Å². The molecule has 1 saturated carbocycles. The Kier molecular flexibility index (Phi) is 5.00. The van der Waals surface area contributed by atoms with E-state index in [-0.39, 0.29) is 11.7 Å². The molecule has 0 aromatic heterocycles. The molecule has 1 atom stereocenters. The first-order chi connectivity index (χ1) is 9.24. The molecule has 0 bridgehead atoms. The molecular weight excluding hydrogens is 236 g/mol. The lowest BCUT2D eigenvalue weighted by Crippen LogP contribution is -2.14. The van der Waals surface area contributed by atoms with Gasteiger partial charge in [-0.3, -0.25) is 4.79 Å². The van der Waals surface area contributed by atoms with Crippen LogP contribution in [0.15, 0.2) is 24.3 Å². The van der Waals surface area contributed by atoms with Crippen molar-refractivity contribution < 1.29 is 9.53 Å². The minimum Gasteiger partial charge on any atom is -0.490 e. The molecular formula is C17H24O2. The fourth-order valence-electron chi connectivity index (χ4n) is 2.31. The zero-order chi connectivity index (χ0) is 13.7. The van der Waals surface area contributed by atoms with Crippen LogP contribution in [0.25, 0.3) is 0 Å². The van der Waals surface area contributed by atoms with Crippen LogP contribution in [0.1, 0.15) is 62.7 Å². The Balaban J connectivity index is 2.03. The maximum atomic E-state index is 12.5. The number of ketones is 1. The molecule has 2 heteroatoms. The van der Waals surface area contributed by atoms with Crippen molar-refractivity contribution in [2.45, 2.75) is 58.5 Å². The van der Waals surface area contributed by atoms with E-state index in [2.05, 4.69) is 13.8 Å². The summed E-state index contributed by atoms with van der Waals surface area (Å²) in [5, 5.41) is 0. The highest BCUT2D eigenvalue weighted by atomic mass is 16.5. The van der Waals surface area contributed by atoms with Crippen LogP contribution >= 0.6 is 0 Å². The molecule has 0 heterocycles. The lowest BCUT2D eigenvalue weighted by molar-refractivity contribution is 0.0907. The van der Waals surface area contributed by atoms with Crippen molar-refractivity contribution in [3.63, 3.8) is 0 Å². The van der Waals surface area contributed by atoms with E-state index >= 15 is 0 Å². The van der Waals surface area contributed by atoms with E-state index in [4.69, 9.17) is 4.74 Å². The molecule has 2 nitrogen and oxygen atoms in total. The Hall–Kier alpha value is -1.31. The summed E-state index contributed by atoms with van der Waals surface area (Å²) in [7, 11) is 0. The minimum atomic E-state index is 0.163. The standard InChI is InChI=1S/C17H24O2/c1-3-5-7-13(4-2)17(18)14-8-6-9-16(12-14)19-15-10-11-15/h6,8-9,12-13,15H,3-5,7,10-11H2,1-2H3. The average molecular weight is 260 g/mol. The van der Waals surface area contributed by atoms with Crippen molar-refractivity contribution in [2.75, 3.05) is 0 Å². The van der Waals surface area contributed by atoms with Crippen LogP contribution < -0.4 is 4.74 Å². The molecule has 0 spiro atoms. The van der Waals surface area contributed by atoms with Crippen LogP contribution in [0.4, 0.5) is 0 Å². The topological polar surface area (TPSA) is 26.3 Å². The normalized spacial score (nSPS) is 16.1. The molecule has 1 fully saturated rings. The van der Waals surface area contributed by atoms with Gasteiger partial charge in [0.05, 0.1) is 6.10 Å². The predicted molar refractivity (Wildman–Crippen MR) is 77.7 cm³/mol. The predicted octanol–water partition coefficient (Wildman–Crippen LogP) is 4.63. The van der Waals surface area contributed by atoms with Gasteiger partial charge in [0.2, 0.25) is 0 Å². The number of unbranched alkanes of at least 4 members (excludes halogenated alkanes) is 1. The van der Waals surface area contributed by atoms with E-state index in [1.165, 1.54) is 0 Å². The number of carbonyl (C=O) groups is 1. The summed E-state index contributed by atoms with van der Waals surface area (Å²) in [6.07, 6.45) is 6.87. The molecule has 1 aliphatic carbocycles. The van der Waals surface area contributed by atoms with Gasteiger partial charge in [-0.25, -0.2) is 0 Å². The minimum absolute atomic E-state index is 0.163. The SMILES string of the molecule is CCCCC(CC)C(=O)c1cccc(OC2CC2)c1. The molecule has 0 radical (unpaired) electrons. The maximum Gasteiger partial charge on any atom is 0.166 e. The van der Waals surface area contributed by atoms with Gasteiger partial charge in [0.25, 0.3) is 0 Å². The zero-order valence-electron chi connectivity index (χ0n) is 12.0. The van der Waals surface area contributed by atoms with Gasteiger partial charge in [0.1, 0.15) is 5.75 Å². The second-order valence-electron chi connectivity index (χ2n) is 5.46. The quantitative estimate of drug-likeness (QED) is 0.637. The molecule has 0 aliphatic heterocycles. The molecule has 0 amide bonds. The zero-order valence-corrected chi connectivity index (χ0v) is 12.0. The first kappa shape index (κ1) is 14.1. The Labute approximate surface area is 116 Å². The molecule has 0 N–H and O–H groups in total. The Morgan fingerprint density at radius 2 is 2.16 bits per heavy atom. The van der Waals surface area contributed by atoms with E-state index in [9.17, 15) is 4.79 Å². The van der Waals surface area contributed by atoms with Gasteiger partial charge in [0, 0.05) is 11.5 Å². The first-order valence-corrected chi connectivity index (χ1v) is 7.55. The maximum absolute atomic E-state index is 12.5. The van der Waals surface area contributed by atoms with E-state index in [1.807, 2.05) is 24.3 Å². The fourth-order valence-corrected chi connectivity index (χ4v) is 2.31. The highest BCUT2D eigenvalue weighted by Gasteiger charge is 2.24. The Morgan fingerprint density at radius 1 is 1.37 bits per heavy atom. The summed E-state index contributed by atoms with van der Waals surface area (Å²) < 4.78 is 5.76. The molecule has 1 aromatic rings. The molecule has 19 heavy (non-hydrogen) atoms. The van der Waals surface area contributed by atoms with E-state index in [0.717, 1.165) is 49.8 Å². The van der Waals surface area contributed by atoms with Gasteiger partial charge >= 0.3 is 0 Å². The van der Waals surface area contributed by atoms with Crippen LogP contribution in [0.5, 0.6) is 5.75 Å². The van der Waals surface area contributed by atoms with Crippen LogP contribution in [-0.4, -0.2) is 11.9 Å². The number of hydrogen-bond acceptors (Lipinski definition) is 2. The van der Waals surface area contributed by atoms with E-state index < -0.39 is 0 Å². The van der Waals surface area contributed by atoms with E-state index in [1.54, 1.807) is 0 Å². The number of Topliss-reactive ketones (excluding diaryl/α,β-unsaturated/α-hetero) is 1. The van der Waals surface area contributed by atoms with Gasteiger partial charge in [-0.1, -0.05) is 38.8 Å². The smallest absolute Gasteiger partial charge is 0.166 e. The summed E-state index contributed by atoms with van der Waals surface area (Å²) in [5.41, 5.74) is 0.807. The highest BCUT2D eigenvalue weighted by molar-refractivity contribution is 5.98. The second kappa shape index (κ2) is 6.74. The van der Waals surface area contributed by atoms with Crippen LogP contribution in [0.2, 0.25) is 0 Å². The number of hydrogen-bond donors (Lipinski definition) is 0. The fraction of sp³-hybridized carbons (Fsp3) is 0.588. The molecule has 1 aliphatic rings. The lowest BCUT2D eigenvalue weighted by atomic mass is 9.90. The molecule has 1 unspecified atom stereocenters. The monoisotopic (exact) mass is 260 g/mol. The third-order valence-corrected chi connectivity index (χ3v) is 3.72. The molecule has 0 saturated heterocycles. The third-order valence-electron chi connectivity index (χ3n) is 3.72. The van der Waals surface area contributed by atoms with Gasteiger partial charge in [0.15, 0.2) is 5.78 Å². The van der Waals surface area contributed by atoms with Gasteiger partial charge in [-0.05, 0) is 37.8 Å². The molecule has 1 aromatic carbocycles. The lowest BCUT2D eigenvalue weighted by Gasteiger charge is -2.14. The summed E-state index contributed by atoms with van der Waals surface area (Å²) in [6, 6.07) is 7.70. The summed E-state index contributed by atoms with van der Waals surface area (Å²) in [5.74, 6) is 1.28. The van der Waals surface area contributed by atoms with Crippen molar-refractivity contribution in [1.29, 1.82) is 0 Å². The Morgan fingerprint density at radius 3 is 2.79 bits per heavy atom. The van der Waals surface area contributed by atoms with Crippen molar-refractivity contribution in [1.82, 2.24) is 0 Å². The van der Waals surface area contributed by atoms with E-state index in [0.29, 0.717) is 6.10 Å². The summed E-state index contributed by atoms with van der Waals surface area (Å²) in [6.45, 7) is 4.27. The largest absolute Gasteiger partial charge is 0.490 e. The van der Waals surface area contributed by atoms with Crippen LogP contribution in [-0.2, 0) is 0 Å². The number of ether oxygens (including phenoxy) is 1. The van der Waals surface area contributed by atoms with Crippen molar-refractivity contribution in [3.05, 3.63) is 29.8 Å². The van der Waals surface area contributed by atoms with Gasteiger partial charge in [-0.2, -0.15) is 0 Å². The van der Waals surface area contributed by atoms with Crippen LogP contribution in [0.3, 0.4) is 0 Å².